The fourth-order valence-corrected chi connectivity index (χ4v) is 4.76. The van der Waals surface area contributed by atoms with Crippen molar-refractivity contribution in [1.29, 1.82) is 0 Å². The molecular weight excluding hydrogens is 520 g/mol. The Labute approximate surface area is 229 Å². The molecule has 2 N–H and O–H groups in total. The normalized spacial score (nSPS) is 16.2. The number of benzene rings is 1. The zero-order valence-corrected chi connectivity index (χ0v) is 23.4. The predicted molar refractivity (Wildman–Crippen MR) is 148 cm³/mol. The molecule has 0 atom stereocenters. The Hall–Kier alpha value is -3.64. The molecule has 0 saturated carbocycles. The number of hydrogen-bond acceptors (Lipinski definition) is 8. The molecule has 2 aromatic heterocycles. The van der Waals surface area contributed by atoms with Gasteiger partial charge in [0.15, 0.2) is 17.3 Å². The second kappa shape index (κ2) is 12.5. The van der Waals surface area contributed by atoms with E-state index >= 15 is 0 Å². The van der Waals surface area contributed by atoms with Gasteiger partial charge in [0.2, 0.25) is 21.8 Å². The number of fused-ring (bicyclic) bond motifs is 2. The van der Waals surface area contributed by atoms with Crippen LogP contribution in [0.5, 0.6) is 17.4 Å². The first-order chi connectivity index (χ1) is 18.6. The van der Waals surface area contributed by atoms with Gasteiger partial charge in [-0.05, 0) is 43.0 Å². The molecule has 0 fully saturated rings. The highest BCUT2D eigenvalue weighted by Gasteiger charge is 2.23. The lowest BCUT2D eigenvalue weighted by atomic mass is 9.88. The van der Waals surface area contributed by atoms with E-state index < -0.39 is 10.0 Å². The maximum absolute atomic E-state index is 12.9. The molecule has 1 aliphatic heterocycles. The summed E-state index contributed by atoms with van der Waals surface area (Å²) in [5, 5.41) is 7.10. The van der Waals surface area contributed by atoms with Crippen molar-refractivity contribution in [2.45, 2.75) is 39.8 Å². The molecule has 3 heterocycles. The van der Waals surface area contributed by atoms with Crippen molar-refractivity contribution >= 4 is 21.7 Å². The van der Waals surface area contributed by atoms with Crippen LogP contribution in [0.15, 0.2) is 54.9 Å². The molecular formula is C27H36N6O5S. The Balaban J connectivity index is 1.42. The van der Waals surface area contributed by atoms with E-state index in [9.17, 15) is 13.2 Å². The molecule has 1 aromatic carbocycles. The zero-order valence-electron chi connectivity index (χ0n) is 22.6. The van der Waals surface area contributed by atoms with Gasteiger partial charge in [-0.2, -0.15) is 5.10 Å². The van der Waals surface area contributed by atoms with Gasteiger partial charge in [-0.15, -0.1) is 0 Å². The number of rotatable bonds is 7. The molecule has 0 aliphatic carbocycles. The van der Waals surface area contributed by atoms with Gasteiger partial charge in [0.25, 0.3) is 0 Å². The third-order valence-electron chi connectivity index (χ3n) is 6.21. The predicted octanol–water partition coefficient (Wildman–Crippen LogP) is 3.26. The Bertz CT molecular complexity index is 1370. The molecule has 0 spiro atoms. The molecule has 0 bridgehead atoms. The van der Waals surface area contributed by atoms with E-state index in [0.717, 1.165) is 31.2 Å². The SMILES string of the molecule is CC1(C)CCCN(CC(=O)NCCn2ccc(NS(C)(=O)=O)n2)Cc2cccnc2Oc2ccccc2OC1. The molecule has 0 saturated heterocycles. The lowest BCUT2D eigenvalue weighted by Gasteiger charge is -2.27. The van der Waals surface area contributed by atoms with Crippen molar-refractivity contribution in [3.05, 3.63) is 60.4 Å². The zero-order chi connectivity index (χ0) is 27.9. The van der Waals surface area contributed by atoms with Crippen LogP contribution in [0, 0.1) is 5.41 Å². The standard InChI is InChI=1S/C27H36N6O5S/c1-27(2)12-7-15-32(19-25(34)28-14-17-33-16-11-24(30-33)31-39(3,35)36)18-21-8-6-13-29-26(21)38-23-10-5-4-9-22(23)37-20-27/h4-6,8-11,13,16H,7,12,14-15,17-20H2,1-3H3,(H,28,34)(H,30,31). The van der Waals surface area contributed by atoms with Gasteiger partial charge < -0.3 is 14.8 Å². The van der Waals surface area contributed by atoms with Crippen molar-refractivity contribution in [3.8, 4) is 17.4 Å². The minimum Gasteiger partial charge on any atom is -0.489 e. The number of carbonyl (C=O) groups excluding carboxylic acids is 1. The molecule has 0 radical (unpaired) electrons. The van der Waals surface area contributed by atoms with Crippen LogP contribution in [0.3, 0.4) is 0 Å². The van der Waals surface area contributed by atoms with Gasteiger partial charge in [0, 0.05) is 37.1 Å². The van der Waals surface area contributed by atoms with Gasteiger partial charge >= 0.3 is 0 Å². The minimum atomic E-state index is -3.40. The third kappa shape index (κ3) is 8.96. The summed E-state index contributed by atoms with van der Waals surface area (Å²) in [4.78, 5) is 19.4. The Kier molecular flexibility index (Phi) is 9.08. The van der Waals surface area contributed by atoms with Crippen molar-refractivity contribution in [2.75, 3.05) is 37.2 Å². The molecule has 1 aliphatic rings. The van der Waals surface area contributed by atoms with Crippen molar-refractivity contribution in [2.24, 2.45) is 5.41 Å². The number of pyridine rings is 1. The van der Waals surface area contributed by atoms with Crippen LogP contribution in [0.2, 0.25) is 0 Å². The highest BCUT2D eigenvalue weighted by atomic mass is 32.2. The highest BCUT2D eigenvalue weighted by Crippen LogP contribution is 2.34. The van der Waals surface area contributed by atoms with Crippen LogP contribution in [0.25, 0.3) is 0 Å². The van der Waals surface area contributed by atoms with Gasteiger partial charge in [-0.25, -0.2) is 13.4 Å². The summed E-state index contributed by atoms with van der Waals surface area (Å²) in [6.07, 6.45) is 6.24. The maximum Gasteiger partial charge on any atom is 0.234 e. The van der Waals surface area contributed by atoms with E-state index in [1.807, 2.05) is 36.4 Å². The van der Waals surface area contributed by atoms with E-state index in [4.69, 9.17) is 9.47 Å². The fraction of sp³-hybridized carbons (Fsp3) is 0.444. The molecule has 0 unspecified atom stereocenters. The number of amides is 1. The number of nitrogens with one attached hydrogen (secondary N) is 2. The summed E-state index contributed by atoms with van der Waals surface area (Å²) in [7, 11) is -3.40. The number of anilines is 1. The van der Waals surface area contributed by atoms with Crippen molar-refractivity contribution in [1.82, 2.24) is 25.0 Å². The maximum atomic E-state index is 12.9. The average molecular weight is 557 g/mol. The molecule has 3 aromatic rings. The van der Waals surface area contributed by atoms with Crippen LogP contribution in [-0.4, -0.2) is 66.5 Å². The average Bonchev–Trinajstić information content (AvgIpc) is 3.29. The van der Waals surface area contributed by atoms with E-state index in [0.29, 0.717) is 43.6 Å². The van der Waals surface area contributed by atoms with Gasteiger partial charge in [-0.3, -0.25) is 19.1 Å². The number of carbonyl (C=O) groups is 1. The Morgan fingerprint density at radius 2 is 1.92 bits per heavy atom. The lowest BCUT2D eigenvalue weighted by molar-refractivity contribution is -0.122. The summed E-state index contributed by atoms with van der Waals surface area (Å²) in [6, 6.07) is 13.0. The number of hydrogen-bond donors (Lipinski definition) is 2. The first kappa shape index (κ1) is 28.4. The summed E-state index contributed by atoms with van der Waals surface area (Å²) < 4.78 is 39.0. The number of sulfonamides is 1. The first-order valence-electron chi connectivity index (χ1n) is 12.9. The summed E-state index contributed by atoms with van der Waals surface area (Å²) in [5.41, 5.74) is 0.815. The van der Waals surface area contributed by atoms with Gasteiger partial charge in [0.05, 0.1) is 26.0 Å². The van der Waals surface area contributed by atoms with Gasteiger partial charge in [0.1, 0.15) is 0 Å². The van der Waals surface area contributed by atoms with E-state index in [1.165, 1.54) is 0 Å². The van der Waals surface area contributed by atoms with Crippen LogP contribution in [-0.2, 0) is 27.9 Å². The second-order valence-electron chi connectivity index (χ2n) is 10.5. The van der Waals surface area contributed by atoms with Gasteiger partial charge in [-0.1, -0.05) is 32.0 Å². The lowest BCUT2D eigenvalue weighted by Crippen LogP contribution is -2.39. The minimum absolute atomic E-state index is 0.0607. The molecule has 1 amide bonds. The summed E-state index contributed by atoms with van der Waals surface area (Å²) >= 11 is 0. The van der Waals surface area contributed by atoms with Crippen LogP contribution in [0.4, 0.5) is 5.82 Å². The molecule has 39 heavy (non-hydrogen) atoms. The molecule has 12 heteroatoms. The number of nitrogens with zero attached hydrogens (tertiary/aromatic N) is 4. The molecule has 11 nitrogen and oxygen atoms in total. The van der Waals surface area contributed by atoms with Crippen LogP contribution in [0.1, 0.15) is 32.3 Å². The summed E-state index contributed by atoms with van der Waals surface area (Å²) in [6.45, 7) is 7.09. The van der Waals surface area contributed by atoms with Crippen molar-refractivity contribution < 1.29 is 22.7 Å². The Morgan fingerprint density at radius 3 is 2.72 bits per heavy atom. The topological polar surface area (TPSA) is 128 Å². The fourth-order valence-electron chi connectivity index (χ4n) is 4.28. The first-order valence-corrected chi connectivity index (χ1v) is 14.8. The third-order valence-corrected chi connectivity index (χ3v) is 6.79. The Morgan fingerprint density at radius 1 is 1.13 bits per heavy atom. The van der Waals surface area contributed by atoms with Crippen LogP contribution < -0.4 is 19.5 Å². The largest absolute Gasteiger partial charge is 0.489 e. The summed E-state index contributed by atoms with van der Waals surface area (Å²) in [5.74, 6) is 1.89. The monoisotopic (exact) mass is 556 g/mol. The molecule has 4 rings (SSSR count). The smallest absolute Gasteiger partial charge is 0.234 e. The van der Waals surface area contributed by atoms with Crippen molar-refractivity contribution in [3.63, 3.8) is 0 Å². The van der Waals surface area contributed by atoms with Crippen LogP contribution >= 0.6 is 0 Å². The van der Waals surface area contributed by atoms with E-state index in [-0.39, 0.29) is 23.7 Å². The second-order valence-corrected chi connectivity index (χ2v) is 12.2. The quantitative estimate of drug-likeness (QED) is 0.454. The van der Waals surface area contributed by atoms with E-state index in [2.05, 4.69) is 38.9 Å². The number of ether oxygens (including phenoxy) is 2. The number of para-hydroxylation sites is 2. The number of aromatic nitrogens is 3. The molecule has 210 valence electrons. The van der Waals surface area contributed by atoms with E-state index in [1.54, 1.807) is 23.1 Å². The highest BCUT2D eigenvalue weighted by molar-refractivity contribution is 7.92.